The molecule has 0 unspecified atom stereocenters. The summed E-state index contributed by atoms with van der Waals surface area (Å²) in [5.41, 5.74) is 5.31. The molecule has 0 aliphatic carbocycles. The number of aryl methyl sites for hydroxylation is 1. The lowest BCUT2D eigenvalue weighted by Gasteiger charge is -2.15. The highest BCUT2D eigenvalue weighted by Gasteiger charge is 2.15. The maximum atomic E-state index is 12.2. The van der Waals surface area contributed by atoms with Crippen LogP contribution in [0.2, 0.25) is 0 Å². The molecule has 0 fully saturated rings. The van der Waals surface area contributed by atoms with Gasteiger partial charge in [-0.15, -0.1) is 0 Å². The molecule has 0 bridgehead atoms. The van der Waals surface area contributed by atoms with Crippen LogP contribution in [0.25, 0.3) is 0 Å². The number of nitrogen functional groups attached to an aromatic ring is 1. The van der Waals surface area contributed by atoms with Gasteiger partial charge in [0.15, 0.2) is 5.82 Å². The number of hydrogen-bond acceptors (Lipinski definition) is 5. The maximum absolute atomic E-state index is 12.2. The molecular formula is C13H20N6O2. The minimum atomic E-state index is -0.462. The molecule has 0 spiro atoms. The van der Waals surface area contributed by atoms with Gasteiger partial charge in [0, 0.05) is 32.9 Å². The third kappa shape index (κ3) is 2.83. The summed E-state index contributed by atoms with van der Waals surface area (Å²) in [7, 11) is 3.21. The van der Waals surface area contributed by atoms with E-state index in [4.69, 9.17) is 5.73 Å². The van der Waals surface area contributed by atoms with Crippen molar-refractivity contribution in [1.82, 2.24) is 18.9 Å². The Hall–Kier alpha value is -2.51. The Bertz CT molecular complexity index is 755. The standard InChI is InChI=1S/C13H20N6O2/c1-4-5-7-19-11(14)10(12(20)18(3)13(19)21)15-9-6-8-17(2)16-9/h6,8H,4-5,7,14H2,1-3H3,(H,15,16). The Morgan fingerprint density at radius 1 is 1.33 bits per heavy atom. The number of hydrogen-bond donors (Lipinski definition) is 2. The highest BCUT2D eigenvalue weighted by molar-refractivity contribution is 5.67. The highest BCUT2D eigenvalue weighted by Crippen LogP contribution is 2.16. The van der Waals surface area contributed by atoms with Crippen molar-refractivity contribution in [1.29, 1.82) is 0 Å². The predicted octanol–water partition coefficient (Wildman–Crippen LogP) is 0.406. The van der Waals surface area contributed by atoms with Crippen molar-refractivity contribution in [2.45, 2.75) is 26.3 Å². The predicted molar refractivity (Wildman–Crippen MR) is 81.8 cm³/mol. The number of nitrogens with zero attached hydrogens (tertiary/aromatic N) is 4. The van der Waals surface area contributed by atoms with E-state index >= 15 is 0 Å². The van der Waals surface area contributed by atoms with Gasteiger partial charge in [-0.05, 0) is 6.42 Å². The van der Waals surface area contributed by atoms with Gasteiger partial charge in [0.25, 0.3) is 5.56 Å². The molecule has 8 heteroatoms. The molecule has 2 rings (SSSR count). The van der Waals surface area contributed by atoms with Crippen molar-refractivity contribution in [2.24, 2.45) is 14.1 Å². The first-order valence-corrected chi connectivity index (χ1v) is 6.81. The van der Waals surface area contributed by atoms with Crippen LogP contribution in [-0.4, -0.2) is 18.9 Å². The lowest BCUT2D eigenvalue weighted by molar-refractivity contribution is 0.576. The Labute approximate surface area is 121 Å². The zero-order valence-electron chi connectivity index (χ0n) is 12.5. The number of aromatic nitrogens is 4. The van der Waals surface area contributed by atoms with E-state index in [1.54, 1.807) is 24.0 Å². The van der Waals surface area contributed by atoms with Crippen LogP contribution in [0.1, 0.15) is 19.8 Å². The molecule has 0 amide bonds. The second kappa shape index (κ2) is 5.86. The largest absolute Gasteiger partial charge is 0.383 e. The highest BCUT2D eigenvalue weighted by atomic mass is 16.2. The summed E-state index contributed by atoms with van der Waals surface area (Å²) < 4.78 is 4.07. The molecule has 2 heterocycles. The Kier molecular flexibility index (Phi) is 4.15. The number of nitrogens with two attached hydrogens (primary N) is 1. The SMILES string of the molecule is CCCCn1c(N)c(Nc2ccn(C)n2)c(=O)n(C)c1=O. The second-order valence-electron chi connectivity index (χ2n) is 4.91. The van der Waals surface area contributed by atoms with Gasteiger partial charge in [-0.25, -0.2) is 4.79 Å². The topological polar surface area (TPSA) is 99.9 Å². The van der Waals surface area contributed by atoms with Crippen LogP contribution in [-0.2, 0) is 20.6 Å². The molecular weight excluding hydrogens is 272 g/mol. The molecule has 0 aliphatic rings. The zero-order valence-corrected chi connectivity index (χ0v) is 12.5. The summed E-state index contributed by atoms with van der Waals surface area (Å²) in [6.07, 6.45) is 3.49. The number of rotatable bonds is 5. The fourth-order valence-corrected chi connectivity index (χ4v) is 2.04. The molecule has 114 valence electrons. The third-order valence-electron chi connectivity index (χ3n) is 3.29. The average molecular weight is 292 g/mol. The second-order valence-corrected chi connectivity index (χ2v) is 4.91. The van der Waals surface area contributed by atoms with Crippen LogP contribution in [0.5, 0.6) is 0 Å². The van der Waals surface area contributed by atoms with E-state index in [9.17, 15) is 9.59 Å². The van der Waals surface area contributed by atoms with Crippen molar-refractivity contribution in [3.05, 3.63) is 33.1 Å². The van der Waals surface area contributed by atoms with Gasteiger partial charge >= 0.3 is 5.69 Å². The summed E-state index contributed by atoms with van der Waals surface area (Å²) >= 11 is 0. The summed E-state index contributed by atoms with van der Waals surface area (Å²) in [5.74, 6) is 0.643. The molecule has 2 aromatic heterocycles. The molecule has 0 saturated carbocycles. The molecule has 0 atom stereocenters. The molecule has 0 aromatic carbocycles. The van der Waals surface area contributed by atoms with E-state index in [1.807, 2.05) is 6.92 Å². The third-order valence-corrected chi connectivity index (χ3v) is 3.29. The van der Waals surface area contributed by atoms with Crippen LogP contribution < -0.4 is 22.3 Å². The van der Waals surface area contributed by atoms with Crippen molar-refractivity contribution in [2.75, 3.05) is 11.1 Å². The molecule has 0 saturated heterocycles. The fourth-order valence-electron chi connectivity index (χ4n) is 2.04. The van der Waals surface area contributed by atoms with E-state index in [0.717, 1.165) is 17.4 Å². The average Bonchev–Trinajstić information content (AvgIpc) is 2.87. The fraction of sp³-hybridized carbons (Fsp3) is 0.462. The Balaban J connectivity index is 2.52. The molecule has 21 heavy (non-hydrogen) atoms. The van der Waals surface area contributed by atoms with Gasteiger partial charge < -0.3 is 11.1 Å². The maximum Gasteiger partial charge on any atom is 0.332 e. The summed E-state index contributed by atoms with van der Waals surface area (Å²) in [6.45, 7) is 2.50. The van der Waals surface area contributed by atoms with Crippen molar-refractivity contribution in [3.63, 3.8) is 0 Å². The van der Waals surface area contributed by atoms with Crippen molar-refractivity contribution < 1.29 is 0 Å². The lowest BCUT2D eigenvalue weighted by Crippen LogP contribution is -2.40. The molecule has 8 nitrogen and oxygen atoms in total. The van der Waals surface area contributed by atoms with E-state index < -0.39 is 11.2 Å². The summed E-state index contributed by atoms with van der Waals surface area (Å²) in [6, 6.07) is 1.72. The minimum absolute atomic E-state index is 0.141. The monoisotopic (exact) mass is 292 g/mol. The van der Waals surface area contributed by atoms with Gasteiger partial charge in [-0.2, -0.15) is 5.10 Å². The summed E-state index contributed by atoms with van der Waals surface area (Å²) in [4.78, 5) is 24.3. The van der Waals surface area contributed by atoms with Gasteiger partial charge in [-0.3, -0.25) is 18.6 Å². The summed E-state index contributed by atoms with van der Waals surface area (Å²) in [5, 5.41) is 7.04. The molecule has 3 N–H and O–H groups in total. The van der Waals surface area contributed by atoms with Crippen LogP contribution in [0, 0.1) is 0 Å². The van der Waals surface area contributed by atoms with Crippen molar-refractivity contribution in [3.8, 4) is 0 Å². The zero-order chi connectivity index (χ0) is 15.6. The van der Waals surface area contributed by atoms with Gasteiger partial charge in [-0.1, -0.05) is 13.3 Å². The van der Waals surface area contributed by atoms with Gasteiger partial charge in [0.05, 0.1) is 0 Å². The van der Waals surface area contributed by atoms with Gasteiger partial charge in [0.2, 0.25) is 0 Å². The van der Waals surface area contributed by atoms with E-state index in [-0.39, 0.29) is 11.5 Å². The molecule has 0 aliphatic heterocycles. The van der Waals surface area contributed by atoms with E-state index in [1.165, 1.54) is 11.6 Å². The smallest absolute Gasteiger partial charge is 0.332 e. The Morgan fingerprint density at radius 3 is 2.62 bits per heavy atom. The van der Waals surface area contributed by atoms with Crippen molar-refractivity contribution >= 4 is 17.3 Å². The van der Waals surface area contributed by atoms with Crippen LogP contribution in [0.15, 0.2) is 21.9 Å². The lowest BCUT2D eigenvalue weighted by atomic mass is 10.3. The van der Waals surface area contributed by atoms with E-state index in [0.29, 0.717) is 12.4 Å². The van der Waals surface area contributed by atoms with Crippen LogP contribution in [0.4, 0.5) is 17.3 Å². The van der Waals surface area contributed by atoms with Gasteiger partial charge in [0.1, 0.15) is 11.5 Å². The first-order valence-electron chi connectivity index (χ1n) is 6.81. The Morgan fingerprint density at radius 2 is 2.05 bits per heavy atom. The van der Waals surface area contributed by atoms with E-state index in [2.05, 4.69) is 10.4 Å². The molecule has 2 aromatic rings. The number of nitrogens with one attached hydrogen (secondary N) is 1. The number of anilines is 3. The normalized spacial score (nSPS) is 10.8. The number of unbranched alkanes of at least 4 members (excludes halogenated alkanes) is 1. The first-order chi connectivity index (χ1) is 9.95. The minimum Gasteiger partial charge on any atom is -0.383 e. The van der Waals surface area contributed by atoms with Crippen LogP contribution >= 0.6 is 0 Å². The first kappa shape index (κ1) is 14.9. The quantitative estimate of drug-likeness (QED) is 0.831. The molecule has 0 radical (unpaired) electrons. The van der Waals surface area contributed by atoms with Crippen LogP contribution in [0.3, 0.4) is 0 Å².